The van der Waals surface area contributed by atoms with Gasteiger partial charge in [0.25, 0.3) is 0 Å². The van der Waals surface area contributed by atoms with Crippen LogP contribution in [-0.4, -0.2) is 61.3 Å². The van der Waals surface area contributed by atoms with Gasteiger partial charge in [0, 0.05) is 62.0 Å². The highest BCUT2D eigenvalue weighted by Gasteiger charge is 2.19. The number of nitrogens with two attached hydrogens (primary N) is 1. The number of aromatic nitrogens is 1. The molecule has 0 amide bonds. The number of anilines is 1. The zero-order chi connectivity index (χ0) is 22.3. The molecule has 0 bridgehead atoms. The molecular weight excluding hydrogens is 478 g/mol. The zero-order valence-corrected chi connectivity index (χ0v) is 20.8. The summed E-state index contributed by atoms with van der Waals surface area (Å²) in [6, 6.07) is 15.4. The maximum absolute atomic E-state index is 14.1. The first-order chi connectivity index (χ1) is 15.7. The van der Waals surface area contributed by atoms with E-state index in [2.05, 4.69) is 38.6 Å². The summed E-state index contributed by atoms with van der Waals surface area (Å²) in [6.45, 7) is 5.88. The number of carbonyl (C=O) groups is 1. The number of piperazine rings is 1. The fraction of sp³-hybridized carbons (Fsp3) is 0.400. The first-order valence-electron chi connectivity index (χ1n) is 11.3. The Bertz CT molecular complexity index is 1050. The Kier molecular flexibility index (Phi) is 11.1. The first-order valence-corrected chi connectivity index (χ1v) is 11.3. The molecule has 34 heavy (non-hydrogen) atoms. The topological polar surface area (TPSA) is 63.7 Å². The van der Waals surface area contributed by atoms with Gasteiger partial charge >= 0.3 is 5.97 Å². The van der Waals surface area contributed by atoms with Gasteiger partial charge in [-0.1, -0.05) is 24.3 Å². The minimum absolute atomic E-state index is 0. The lowest BCUT2D eigenvalue weighted by molar-refractivity contribution is -0.144. The summed E-state index contributed by atoms with van der Waals surface area (Å²) < 4.78 is 21.5. The van der Waals surface area contributed by atoms with E-state index in [1.54, 1.807) is 6.07 Å². The monoisotopic (exact) mass is 510 g/mol. The number of halogens is 3. The second-order valence-corrected chi connectivity index (χ2v) is 8.19. The Morgan fingerprint density at radius 2 is 1.76 bits per heavy atom. The van der Waals surface area contributed by atoms with Crippen LogP contribution in [0.25, 0.3) is 10.9 Å². The standard InChI is InChI=1S/C25H31FN4O2.2ClH/c26-22-6-2-1-5-20(22)19-30-12-10-21-23(7-3-8-24(21)30)29-15-13-28(14-16-29)17-18-32-25(31)9-4-11-27;;/h1-3,5-8,10,12H,4,9,11,13-19,27H2;2*1H. The molecule has 0 saturated carbocycles. The van der Waals surface area contributed by atoms with Gasteiger partial charge in [-0.25, -0.2) is 4.39 Å². The normalized spacial score (nSPS) is 13.9. The lowest BCUT2D eigenvalue weighted by Crippen LogP contribution is -2.47. The van der Waals surface area contributed by atoms with Crippen LogP contribution >= 0.6 is 24.8 Å². The van der Waals surface area contributed by atoms with Crippen LogP contribution in [0.2, 0.25) is 0 Å². The molecule has 0 spiro atoms. The van der Waals surface area contributed by atoms with Gasteiger partial charge in [0.1, 0.15) is 12.4 Å². The van der Waals surface area contributed by atoms with Gasteiger partial charge in [0.05, 0.1) is 12.1 Å². The molecule has 2 aromatic carbocycles. The smallest absolute Gasteiger partial charge is 0.305 e. The van der Waals surface area contributed by atoms with Crippen molar-refractivity contribution in [3.05, 3.63) is 66.1 Å². The minimum atomic E-state index is -0.174. The van der Waals surface area contributed by atoms with Crippen molar-refractivity contribution in [3.63, 3.8) is 0 Å². The quantitative estimate of drug-likeness (QED) is 0.439. The molecule has 0 unspecified atom stereocenters. The Morgan fingerprint density at radius 3 is 2.50 bits per heavy atom. The number of ether oxygens (including phenoxy) is 1. The van der Waals surface area contributed by atoms with E-state index >= 15 is 0 Å². The van der Waals surface area contributed by atoms with Gasteiger partial charge in [-0.05, 0) is 37.2 Å². The summed E-state index contributed by atoms with van der Waals surface area (Å²) in [6.07, 6.45) is 3.10. The summed E-state index contributed by atoms with van der Waals surface area (Å²) >= 11 is 0. The average molecular weight is 511 g/mol. The predicted molar refractivity (Wildman–Crippen MR) is 140 cm³/mol. The summed E-state index contributed by atoms with van der Waals surface area (Å²) in [5.41, 5.74) is 8.43. The van der Waals surface area contributed by atoms with Gasteiger partial charge in [-0.15, -0.1) is 24.8 Å². The fourth-order valence-corrected chi connectivity index (χ4v) is 4.25. The first kappa shape index (κ1) is 27.9. The van der Waals surface area contributed by atoms with E-state index in [4.69, 9.17) is 10.5 Å². The molecule has 0 radical (unpaired) electrons. The molecule has 2 heterocycles. The third-order valence-corrected chi connectivity index (χ3v) is 6.06. The van der Waals surface area contributed by atoms with Crippen molar-refractivity contribution in [1.82, 2.24) is 9.47 Å². The molecule has 1 aliphatic heterocycles. The second kappa shape index (κ2) is 13.5. The predicted octanol–water partition coefficient (Wildman–Crippen LogP) is 4.08. The van der Waals surface area contributed by atoms with Crippen LogP contribution in [0.4, 0.5) is 10.1 Å². The maximum Gasteiger partial charge on any atom is 0.305 e. The Morgan fingerprint density at radius 1 is 1.00 bits per heavy atom. The minimum Gasteiger partial charge on any atom is -0.464 e. The lowest BCUT2D eigenvalue weighted by Gasteiger charge is -2.36. The van der Waals surface area contributed by atoms with Crippen LogP contribution < -0.4 is 10.6 Å². The number of benzene rings is 2. The summed E-state index contributed by atoms with van der Waals surface area (Å²) in [4.78, 5) is 16.3. The van der Waals surface area contributed by atoms with E-state index in [1.165, 1.54) is 17.1 Å². The molecule has 9 heteroatoms. The molecule has 1 fully saturated rings. The fourth-order valence-electron chi connectivity index (χ4n) is 4.25. The van der Waals surface area contributed by atoms with Gasteiger partial charge < -0.3 is 19.9 Å². The molecule has 3 aromatic rings. The molecular formula is C25H33Cl2FN4O2. The number of nitrogens with zero attached hydrogens (tertiary/aromatic N) is 3. The molecule has 6 nitrogen and oxygen atoms in total. The van der Waals surface area contributed by atoms with Gasteiger partial charge in [-0.2, -0.15) is 0 Å². The third-order valence-electron chi connectivity index (χ3n) is 6.06. The van der Waals surface area contributed by atoms with Crippen LogP contribution in [-0.2, 0) is 16.1 Å². The summed E-state index contributed by atoms with van der Waals surface area (Å²) in [7, 11) is 0. The Balaban J connectivity index is 0.00000204. The van der Waals surface area contributed by atoms with E-state index in [0.29, 0.717) is 38.1 Å². The summed E-state index contributed by atoms with van der Waals surface area (Å²) in [5, 5.41) is 1.19. The molecule has 1 aromatic heterocycles. The van der Waals surface area contributed by atoms with Gasteiger partial charge in [-0.3, -0.25) is 9.69 Å². The number of carbonyl (C=O) groups excluding carboxylic acids is 1. The summed E-state index contributed by atoms with van der Waals surface area (Å²) in [5.74, 6) is -0.340. The van der Waals surface area contributed by atoms with E-state index < -0.39 is 0 Å². The zero-order valence-electron chi connectivity index (χ0n) is 19.2. The highest BCUT2D eigenvalue weighted by Crippen LogP contribution is 2.29. The number of rotatable bonds is 9. The Labute approximate surface area is 212 Å². The average Bonchev–Trinajstić information content (AvgIpc) is 3.23. The van der Waals surface area contributed by atoms with Crippen LogP contribution in [0.15, 0.2) is 54.7 Å². The van der Waals surface area contributed by atoms with Crippen LogP contribution in [0.1, 0.15) is 18.4 Å². The second-order valence-electron chi connectivity index (χ2n) is 8.19. The maximum atomic E-state index is 14.1. The largest absolute Gasteiger partial charge is 0.464 e. The highest BCUT2D eigenvalue weighted by atomic mass is 35.5. The lowest BCUT2D eigenvalue weighted by atomic mass is 10.1. The Hall–Kier alpha value is -2.32. The number of hydrogen-bond acceptors (Lipinski definition) is 5. The number of fused-ring (bicyclic) bond motifs is 1. The van der Waals surface area contributed by atoms with Crippen molar-refractivity contribution in [2.75, 3.05) is 50.8 Å². The van der Waals surface area contributed by atoms with Crippen LogP contribution in [0, 0.1) is 5.82 Å². The van der Waals surface area contributed by atoms with E-state index in [1.807, 2.05) is 18.3 Å². The molecule has 0 aliphatic carbocycles. The van der Waals surface area contributed by atoms with Crippen LogP contribution in [0.3, 0.4) is 0 Å². The van der Waals surface area contributed by atoms with Gasteiger partial charge in [0.2, 0.25) is 0 Å². The van der Waals surface area contributed by atoms with E-state index in [-0.39, 0.29) is 36.6 Å². The molecule has 0 atom stereocenters. The molecule has 186 valence electrons. The SMILES string of the molecule is Cl.Cl.NCCCC(=O)OCCN1CCN(c2cccc3c2ccn3Cc2ccccc2F)CC1. The van der Waals surface area contributed by atoms with Crippen molar-refractivity contribution < 1.29 is 13.9 Å². The molecule has 1 saturated heterocycles. The third kappa shape index (κ3) is 6.85. The van der Waals surface area contributed by atoms with Gasteiger partial charge in [0.15, 0.2) is 0 Å². The van der Waals surface area contributed by atoms with Crippen LogP contribution in [0.5, 0.6) is 0 Å². The number of esters is 1. The molecule has 2 N–H and O–H groups in total. The van der Waals surface area contributed by atoms with E-state index in [9.17, 15) is 9.18 Å². The molecule has 1 aliphatic rings. The number of hydrogen-bond donors (Lipinski definition) is 1. The van der Waals surface area contributed by atoms with Crippen molar-refractivity contribution in [1.29, 1.82) is 0 Å². The molecule has 4 rings (SSSR count). The van der Waals surface area contributed by atoms with Crippen molar-refractivity contribution >= 4 is 47.4 Å². The van der Waals surface area contributed by atoms with Crippen molar-refractivity contribution in [2.45, 2.75) is 19.4 Å². The van der Waals surface area contributed by atoms with Crippen molar-refractivity contribution in [2.24, 2.45) is 5.73 Å². The van der Waals surface area contributed by atoms with E-state index in [0.717, 1.165) is 38.2 Å². The van der Waals surface area contributed by atoms with Crippen molar-refractivity contribution in [3.8, 4) is 0 Å². The highest BCUT2D eigenvalue weighted by molar-refractivity contribution is 5.93.